The molecule has 340 valence electrons. The first-order valence-electron chi connectivity index (χ1n) is 24.0. The van der Waals surface area contributed by atoms with Gasteiger partial charge >= 0.3 is 19.8 Å². The highest BCUT2D eigenvalue weighted by atomic mass is 31.2. The molecule has 58 heavy (non-hydrogen) atoms. The third-order valence-electron chi connectivity index (χ3n) is 10.2. The van der Waals surface area contributed by atoms with E-state index in [0.717, 1.165) is 64.2 Å². The average molecular weight is 840 g/mol. The van der Waals surface area contributed by atoms with Gasteiger partial charge in [0.2, 0.25) is 0 Å². The molecule has 2 atom stereocenters. The van der Waals surface area contributed by atoms with Gasteiger partial charge in [-0.05, 0) is 70.6 Å². The normalized spacial score (nSPS) is 13.5. The van der Waals surface area contributed by atoms with Crippen molar-refractivity contribution in [3.63, 3.8) is 0 Å². The van der Waals surface area contributed by atoms with Crippen LogP contribution in [0.4, 0.5) is 0 Å². The van der Waals surface area contributed by atoms with Crippen LogP contribution in [0.25, 0.3) is 0 Å². The highest BCUT2D eigenvalue weighted by Crippen LogP contribution is 2.43. The minimum absolute atomic E-state index is 0.0521. The molecular formula is C48H90NO8P. The maximum Gasteiger partial charge on any atom is 0.472 e. The summed E-state index contributed by atoms with van der Waals surface area (Å²) in [7, 11) is -4.38. The van der Waals surface area contributed by atoms with Gasteiger partial charge < -0.3 is 20.1 Å². The molecule has 3 N–H and O–H groups in total. The van der Waals surface area contributed by atoms with E-state index in [1.807, 2.05) is 0 Å². The molecule has 0 aromatic heterocycles. The number of carbonyl (C=O) groups is 2. The van der Waals surface area contributed by atoms with E-state index in [4.69, 9.17) is 24.3 Å². The third-order valence-corrected chi connectivity index (χ3v) is 11.2. The van der Waals surface area contributed by atoms with E-state index in [1.54, 1.807) is 0 Å². The Balaban J connectivity index is 4.09. The van der Waals surface area contributed by atoms with Gasteiger partial charge in [-0.2, -0.15) is 0 Å². The molecule has 0 radical (unpaired) electrons. The number of phosphoric ester groups is 1. The van der Waals surface area contributed by atoms with Crippen molar-refractivity contribution in [2.75, 3.05) is 26.4 Å². The smallest absolute Gasteiger partial charge is 0.462 e. The third kappa shape index (κ3) is 43.8. The van der Waals surface area contributed by atoms with Crippen LogP contribution in [-0.2, 0) is 32.7 Å². The number of nitrogens with two attached hydrogens (primary N) is 1. The number of hydrogen-bond acceptors (Lipinski definition) is 8. The Morgan fingerprint density at radius 3 is 1.36 bits per heavy atom. The number of phosphoric acid groups is 1. The molecular weight excluding hydrogens is 750 g/mol. The van der Waals surface area contributed by atoms with E-state index in [9.17, 15) is 19.0 Å². The summed E-state index contributed by atoms with van der Waals surface area (Å²) >= 11 is 0. The van der Waals surface area contributed by atoms with Gasteiger partial charge in [0.1, 0.15) is 6.61 Å². The first-order chi connectivity index (χ1) is 28.3. The molecule has 0 heterocycles. The molecule has 0 fully saturated rings. The largest absolute Gasteiger partial charge is 0.472 e. The monoisotopic (exact) mass is 840 g/mol. The zero-order valence-corrected chi connectivity index (χ0v) is 38.4. The van der Waals surface area contributed by atoms with Gasteiger partial charge in [-0.25, -0.2) is 4.57 Å². The van der Waals surface area contributed by atoms with Crippen LogP contribution in [0.2, 0.25) is 0 Å². The summed E-state index contributed by atoms with van der Waals surface area (Å²) in [4.78, 5) is 35.0. The molecule has 0 aliphatic heterocycles. The highest BCUT2D eigenvalue weighted by Gasteiger charge is 2.26. The Kier molecular flexibility index (Phi) is 43.4. The first-order valence-corrected chi connectivity index (χ1v) is 25.5. The lowest BCUT2D eigenvalue weighted by Gasteiger charge is -2.19. The van der Waals surface area contributed by atoms with Crippen molar-refractivity contribution < 1.29 is 37.6 Å². The van der Waals surface area contributed by atoms with Crippen LogP contribution in [0.1, 0.15) is 226 Å². The first kappa shape index (κ1) is 56.2. The van der Waals surface area contributed by atoms with Crippen LogP contribution in [0.3, 0.4) is 0 Å². The van der Waals surface area contributed by atoms with E-state index in [2.05, 4.69) is 50.3 Å². The molecule has 2 unspecified atom stereocenters. The molecule has 9 nitrogen and oxygen atoms in total. The topological polar surface area (TPSA) is 134 Å². The lowest BCUT2D eigenvalue weighted by Crippen LogP contribution is -2.29. The molecule has 0 spiro atoms. The number of carbonyl (C=O) groups excluding carboxylic acids is 2. The Labute approximate surface area is 356 Å². The van der Waals surface area contributed by atoms with Crippen molar-refractivity contribution in [3.8, 4) is 0 Å². The number of rotatable bonds is 45. The molecule has 10 heteroatoms. The molecule has 0 aliphatic rings. The van der Waals surface area contributed by atoms with Crippen LogP contribution < -0.4 is 5.73 Å². The molecule has 0 aromatic carbocycles. The summed E-state index contributed by atoms with van der Waals surface area (Å²) in [6.45, 7) is 3.72. The fourth-order valence-corrected chi connectivity index (χ4v) is 7.43. The SMILES string of the molecule is CCCCC/C=C\C/C=C\CCCCCCCCCCCC(=O)OC(COC(=O)CCCCCCCCC/C=C\CCCCCCCCC)COP(=O)(O)OCCN. The highest BCUT2D eigenvalue weighted by molar-refractivity contribution is 7.47. The number of ether oxygens (including phenoxy) is 2. The molecule has 0 rings (SSSR count). The van der Waals surface area contributed by atoms with E-state index in [-0.39, 0.29) is 38.6 Å². The second-order valence-electron chi connectivity index (χ2n) is 16.0. The van der Waals surface area contributed by atoms with Gasteiger partial charge in [-0.15, -0.1) is 0 Å². The molecule has 0 saturated carbocycles. The standard InChI is InChI=1S/C48H90NO8P/c1-3-5-7-9-11-13-15-17-19-21-23-25-27-29-31-33-35-37-39-41-48(51)57-46(45-56-58(52,53)55-43-42-49)44-54-47(50)40-38-36-34-32-30-28-26-24-22-20-18-16-14-12-10-8-6-4-2/h11,13,17,19-20,22,46H,3-10,12,14-16,18,21,23-45,49H2,1-2H3,(H,52,53)/b13-11-,19-17-,22-20-. The summed E-state index contributed by atoms with van der Waals surface area (Å²) in [5, 5.41) is 0. The van der Waals surface area contributed by atoms with Gasteiger partial charge in [-0.1, -0.05) is 179 Å². The van der Waals surface area contributed by atoms with Crippen molar-refractivity contribution in [2.45, 2.75) is 232 Å². The Bertz CT molecular complexity index is 1050. The number of esters is 2. The second-order valence-corrected chi connectivity index (χ2v) is 17.4. The minimum Gasteiger partial charge on any atom is -0.462 e. The maximum absolute atomic E-state index is 12.6. The predicted molar refractivity (Wildman–Crippen MR) is 243 cm³/mol. The maximum atomic E-state index is 12.6. The van der Waals surface area contributed by atoms with Crippen LogP contribution in [-0.4, -0.2) is 49.3 Å². The lowest BCUT2D eigenvalue weighted by atomic mass is 10.1. The number of allylic oxidation sites excluding steroid dienone is 6. The summed E-state index contributed by atoms with van der Waals surface area (Å²) in [6.07, 6.45) is 50.3. The molecule has 0 aliphatic carbocycles. The lowest BCUT2D eigenvalue weighted by molar-refractivity contribution is -0.161. The van der Waals surface area contributed by atoms with Gasteiger partial charge in [0, 0.05) is 19.4 Å². The van der Waals surface area contributed by atoms with Gasteiger partial charge in [-0.3, -0.25) is 18.6 Å². The fraction of sp³-hybridized carbons (Fsp3) is 0.833. The summed E-state index contributed by atoms with van der Waals surface area (Å²) in [5.74, 6) is -0.832. The van der Waals surface area contributed by atoms with Gasteiger partial charge in [0.05, 0.1) is 13.2 Å². The van der Waals surface area contributed by atoms with E-state index in [0.29, 0.717) is 6.42 Å². The molecule has 0 bridgehead atoms. The molecule has 0 aromatic rings. The van der Waals surface area contributed by atoms with Crippen molar-refractivity contribution in [1.29, 1.82) is 0 Å². The van der Waals surface area contributed by atoms with E-state index >= 15 is 0 Å². The van der Waals surface area contributed by atoms with Crippen molar-refractivity contribution in [3.05, 3.63) is 36.5 Å². The summed E-state index contributed by atoms with van der Waals surface area (Å²) < 4.78 is 32.9. The van der Waals surface area contributed by atoms with Crippen molar-refractivity contribution >= 4 is 19.8 Å². The zero-order valence-electron chi connectivity index (χ0n) is 37.5. The summed E-state index contributed by atoms with van der Waals surface area (Å²) in [6, 6.07) is 0. The van der Waals surface area contributed by atoms with Gasteiger partial charge in [0.25, 0.3) is 0 Å². The Morgan fingerprint density at radius 1 is 0.517 bits per heavy atom. The molecule has 0 amide bonds. The number of unbranched alkanes of at least 4 members (excludes halogenated alkanes) is 26. The van der Waals surface area contributed by atoms with Crippen LogP contribution in [0.15, 0.2) is 36.5 Å². The van der Waals surface area contributed by atoms with E-state index < -0.39 is 26.5 Å². The van der Waals surface area contributed by atoms with Crippen molar-refractivity contribution in [2.24, 2.45) is 5.73 Å². The fourth-order valence-electron chi connectivity index (χ4n) is 6.66. The van der Waals surface area contributed by atoms with Crippen LogP contribution >= 0.6 is 7.82 Å². The Morgan fingerprint density at radius 2 is 0.897 bits per heavy atom. The predicted octanol–water partition coefficient (Wildman–Crippen LogP) is 14.1. The molecule has 0 saturated heterocycles. The van der Waals surface area contributed by atoms with Gasteiger partial charge in [0.15, 0.2) is 6.10 Å². The van der Waals surface area contributed by atoms with E-state index in [1.165, 1.54) is 128 Å². The Hall–Kier alpha value is -1.77. The zero-order chi connectivity index (χ0) is 42.5. The average Bonchev–Trinajstić information content (AvgIpc) is 3.21. The minimum atomic E-state index is -4.38. The van der Waals surface area contributed by atoms with Crippen LogP contribution in [0.5, 0.6) is 0 Å². The quantitative estimate of drug-likeness (QED) is 0.0266. The summed E-state index contributed by atoms with van der Waals surface area (Å²) in [5.41, 5.74) is 5.36. The van der Waals surface area contributed by atoms with Crippen LogP contribution in [0, 0.1) is 0 Å². The second kappa shape index (κ2) is 44.8. The van der Waals surface area contributed by atoms with Crippen molar-refractivity contribution in [1.82, 2.24) is 0 Å². The number of hydrogen-bond donors (Lipinski definition) is 2.